The van der Waals surface area contributed by atoms with Crippen LogP contribution in [0.15, 0.2) is 22.7 Å². The van der Waals surface area contributed by atoms with Gasteiger partial charge in [0.2, 0.25) is 0 Å². The van der Waals surface area contributed by atoms with Gasteiger partial charge in [-0.2, -0.15) is 0 Å². The number of rotatable bonds is 3. The molecule has 82 valence electrons. The van der Waals surface area contributed by atoms with Gasteiger partial charge < -0.3 is 5.32 Å². The first kappa shape index (κ1) is 11.2. The first-order valence-corrected chi connectivity index (χ1v) is 6.45. The van der Waals surface area contributed by atoms with Crippen LogP contribution < -0.4 is 5.32 Å². The van der Waals surface area contributed by atoms with Gasteiger partial charge in [-0.3, -0.25) is 0 Å². The highest BCUT2D eigenvalue weighted by molar-refractivity contribution is 9.10. The van der Waals surface area contributed by atoms with Crippen molar-refractivity contribution < 1.29 is 0 Å². The summed E-state index contributed by atoms with van der Waals surface area (Å²) >= 11 is 3.70. The first-order valence-electron chi connectivity index (χ1n) is 5.66. The van der Waals surface area contributed by atoms with Crippen molar-refractivity contribution in [3.8, 4) is 0 Å². The Labute approximate surface area is 100 Å². The number of nitrogens with one attached hydrogen (secondary N) is 1. The Bertz CT molecular complexity index is 344. The lowest BCUT2D eigenvalue weighted by atomic mass is 9.77. The highest BCUT2D eigenvalue weighted by Gasteiger charge is 2.28. The quantitative estimate of drug-likeness (QED) is 0.878. The third kappa shape index (κ3) is 2.11. The molecule has 1 unspecified atom stereocenters. The molecule has 0 spiro atoms. The maximum atomic E-state index is 3.70. The minimum absolute atomic E-state index is 0.521. The molecule has 1 aliphatic rings. The predicted molar refractivity (Wildman–Crippen MR) is 68.0 cm³/mol. The van der Waals surface area contributed by atoms with Crippen LogP contribution in [0.1, 0.15) is 36.4 Å². The van der Waals surface area contributed by atoms with Gasteiger partial charge in [0.25, 0.3) is 0 Å². The second kappa shape index (κ2) is 4.67. The summed E-state index contributed by atoms with van der Waals surface area (Å²) in [6.07, 6.45) is 4.13. The molecule has 15 heavy (non-hydrogen) atoms. The standard InChI is InChI=1S/C13H18BrN/c1-9-5-3-8-11(12(9)14)13(15-2)10-6-4-7-10/h3,5,8,10,13,15H,4,6-7H2,1-2H3. The number of hydrogen-bond donors (Lipinski definition) is 1. The van der Waals surface area contributed by atoms with Crippen molar-refractivity contribution in [2.45, 2.75) is 32.2 Å². The SMILES string of the molecule is CNC(c1cccc(C)c1Br)C1CCC1. The van der Waals surface area contributed by atoms with E-state index in [9.17, 15) is 0 Å². The van der Waals surface area contributed by atoms with Crippen LogP contribution in [0.3, 0.4) is 0 Å². The first-order chi connectivity index (χ1) is 7.24. The molecule has 1 N–H and O–H groups in total. The third-order valence-corrected chi connectivity index (χ3v) is 4.57. The summed E-state index contributed by atoms with van der Waals surface area (Å²) in [6.45, 7) is 2.15. The fourth-order valence-corrected chi connectivity index (χ4v) is 2.84. The van der Waals surface area contributed by atoms with Gasteiger partial charge in [0.15, 0.2) is 0 Å². The molecule has 0 bridgehead atoms. The van der Waals surface area contributed by atoms with Crippen molar-refractivity contribution in [3.63, 3.8) is 0 Å². The van der Waals surface area contributed by atoms with Crippen molar-refractivity contribution in [2.75, 3.05) is 7.05 Å². The molecule has 1 aliphatic carbocycles. The maximum absolute atomic E-state index is 3.70. The summed E-state index contributed by atoms with van der Waals surface area (Å²) in [5, 5.41) is 3.46. The van der Waals surface area contributed by atoms with Crippen LogP contribution in [0.4, 0.5) is 0 Å². The van der Waals surface area contributed by atoms with E-state index in [0.717, 1.165) is 5.92 Å². The number of benzene rings is 1. The van der Waals surface area contributed by atoms with Crippen molar-refractivity contribution in [3.05, 3.63) is 33.8 Å². The van der Waals surface area contributed by atoms with Gasteiger partial charge in [-0.15, -0.1) is 0 Å². The average Bonchev–Trinajstić information content (AvgIpc) is 2.16. The summed E-state index contributed by atoms with van der Waals surface area (Å²) < 4.78 is 1.27. The van der Waals surface area contributed by atoms with Crippen LogP contribution in [0.2, 0.25) is 0 Å². The van der Waals surface area contributed by atoms with Crippen molar-refractivity contribution in [2.24, 2.45) is 5.92 Å². The van der Waals surface area contributed by atoms with E-state index < -0.39 is 0 Å². The summed E-state index contributed by atoms with van der Waals surface area (Å²) in [7, 11) is 2.07. The molecule has 1 saturated carbocycles. The van der Waals surface area contributed by atoms with Crippen LogP contribution in [0, 0.1) is 12.8 Å². The molecule has 1 aromatic carbocycles. The van der Waals surface area contributed by atoms with Crippen molar-refractivity contribution >= 4 is 15.9 Å². The van der Waals surface area contributed by atoms with E-state index >= 15 is 0 Å². The van der Waals surface area contributed by atoms with Crippen LogP contribution in [-0.4, -0.2) is 7.05 Å². The van der Waals surface area contributed by atoms with E-state index in [1.54, 1.807) is 0 Å². The maximum Gasteiger partial charge on any atom is 0.0357 e. The Morgan fingerprint density at radius 1 is 1.40 bits per heavy atom. The lowest BCUT2D eigenvalue weighted by molar-refractivity contribution is 0.239. The molecule has 1 fully saturated rings. The second-order valence-corrected chi connectivity index (χ2v) is 5.23. The lowest BCUT2D eigenvalue weighted by Crippen LogP contribution is -2.30. The summed E-state index contributed by atoms with van der Waals surface area (Å²) in [5.74, 6) is 0.827. The van der Waals surface area contributed by atoms with Gasteiger partial charge in [0, 0.05) is 10.5 Å². The number of halogens is 1. The van der Waals surface area contributed by atoms with Crippen molar-refractivity contribution in [1.82, 2.24) is 5.32 Å². The largest absolute Gasteiger partial charge is 0.313 e. The minimum Gasteiger partial charge on any atom is -0.313 e. The minimum atomic E-state index is 0.521. The fraction of sp³-hybridized carbons (Fsp3) is 0.538. The zero-order valence-corrected chi connectivity index (χ0v) is 11.0. The Morgan fingerprint density at radius 3 is 2.67 bits per heavy atom. The predicted octanol–water partition coefficient (Wildman–Crippen LogP) is 3.82. The second-order valence-electron chi connectivity index (χ2n) is 4.44. The molecule has 0 heterocycles. The molecular weight excluding hydrogens is 250 g/mol. The molecule has 0 radical (unpaired) electrons. The van der Waals surface area contributed by atoms with Crippen molar-refractivity contribution in [1.29, 1.82) is 0 Å². The van der Waals surface area contributed by atoms with Gasteiger partial charge >= 0.3 is 0 Å². The monoisotopic (exact) mass is 267 g/mol. The van der Waals surface area contributed by atoms with Gasteiger partial charge in [-0.1, -0.05) is 40.5 Å². The molecule has 0 amide bonds. The van der Waals surface area contributed by atoms with E-state index in [1.807, 2.05) is 0 Å². The Kier molecular flexibility index (Phi) is 3.47. The number of aryl methyl sites for hydroxylation is 1. The molecular formula is C13H18BrN. The van der Waals surface area contributed by atoms with Gasteiger partial charge in [0.05, 0.1) is 0 Å². The number of hydrogen-bond acceptors (Lipinski definition) is 1. The summed E-state index contributed by atoms with van der Waals surface area (Å²) in [4.78, 5) is 0. The van der Waals surface area contributed by atoms with E-state index in [0.29, 0.717) is 6.04 Å². The molecule has 2 heteroatoms. The van der Waals surface area contributed by atoms with Crippen LogP contribution in [-0.2, 0) is 0 Å². The smallest absolute Gasteiger partial charge is 0.0357 e. The van der Waals surface area contributed by atoms with Crippen LogP contribution in [0.25, 0.3) is 0 Å². The lowest BCUT2D eigenvalue weighted by Gasteiger charge is -2.34. The fourth-order valence-electron chi connectivity index (χ4n) is 2.33. The van der Waals surface area contributed by atoms with E-state index in [-0.39, 0.29) is 0 Å². The third-order valence-electron chi connectivity index (χ3n) is 3.49. The Morgan fingerprint density at radius 2 is 2.13 bits per heavy atom. The topological polar surface area (TPSA) is 12.0 Å². The van der Waals surface area contributed by atoms with Crippen LogP contribution in [0.5, 0.6) is 0 Å². The normalized spacial score (nSPS) is 18.6. The molecule has 1 aromatic rings. The highest BCUT2D eigenvalue weighted by Crippen LogP contribution is 2.40. The van der Waals surface area contributed by atoms with Gasteiger partial charge in [0.1, 0.15) is 0 Å². The zero-order valence-electron chi connectivity index (χ0n) is 9.39. The average molecular weight is 268 g/mol. The molecule has 2 rings (SSSR count). The Hall–Kier alpha value is -0.340. The zero-order chi connectivity index (χ0) is 10.8. The molecule has 1 nitrogen and oxygen atoms in total. The van der Waals surface area contributed by atoms with Gasteiger partial charge in [-0.05, 0) is 43.9 Å². The molecule has 0 aromatic heterocycles. The Balaban J connectivity index is 2.29. The van der Waals surface area contributed by atoms with Gasteiger partial charge in [-0.25, -0.2) is 0 Å². The van der Waals surface area contributed by atoms with E-state index in [4.69, 9.17) is 0 Å². The summed E-state index contributed by atoms with van der Waals surface area (Å²) in [5.41, 5.74) is 2.74. The van der Waals surface area contributed by atoms with Crippen LogP contribution >= 0.6 is 15.9 Å². The molecule has 0 aliphatic heterocycles. The molecule has 0 saturated heterocycles. The summed E-state index contributed by atoms with van der Waals surface area (Å²) in [6, 6.07) is 7.06. The molecule has 1 atom stereocenters. The highest BCUT2D eigenvalue weighted by atomic mass is 79.9. The van der Waals surface area contributed by atoms with E-state index in [2.05, 4.69) is 53.4 Å². The van der Waals surface area contributed by atoms with E-state index in [1.165, 1.54) is 34.9 Å².